The Bertz CT molecular complexity index is 418. The largest absolute Gasteiger partial charge is 0.481 e. The van der Waals surface area contributed by atoms with Gasteiger partial charge in [-0.1, -0.05) is 11.6 Å². The summed E-state index contributed by atoms with van der Waals surface area (Å²) in [6, 6.07) is 3.28. The molecule has 0 spiro atoms. The minimum atomic E-state index is -0.805. The van der Waals surface area contributed by atoms with Crippen LogP contribution in [0.5, 0.6) is 0 Å². The predicted molar refractivity (Wildman–Crippen MR) is 65.7 cm³/mol. The van der Waals surface area contributed by atoms with Crippen molar-refractivity contribution in [3.63, 3.8) is 0 Å². The third kappa shape index (κ3) is 2.88. The summed E-state index contributed by atoms with van der Waals surface area (Å²) in [7, 11) is 0. The number of carbonyl (C=O) groups is 1. The van der Waals surface area contributed by atoms with Gasteiger partial charge in [-0.25, -0.2) is 0 Å². The van der Waals surface area contributed by atoms with Crippen LogP contribution in [-0.2, 0) is 9.53 Å². The van der Waals surface area contributed by atoms with E-state index in [4.69, 9.17) is 16.3 Å². The van der Waals surface area contributed by atoms with E-state index in [1.54, 1.807) is 12.1 Å². The van der Waals surface area contributed by atoms with Gasteiger partial charge in [0.05, 0.1) is 5.41 Å². The molecule has 0 saturated carbocycles. The summed E-state index contributed by atoms with van der Waals surface area (Å²) in [5.74, 6) is -0.285. The second-order valence-electron chi connectivity index (χ2n) is 4.29. The van der Waals surface area contributed by atoms with Gasteiger partial charge in [0, 0.05) is 19.8 Å². The van der Waals surface area contributed by atoms with E-state index in [1.165, 1.54) is 0 Å². The molecule has 0 radical (unpaired) electrons. The molecule has 18 heavy (non-hydrogen) atoms. The lowest BCUT2D eigenvalue weighted by Crippen LogP contribution is -2.42. The lowest BCUT2D eigenvalue weighted by molar-refractivity contribution is -0.153. The van der Waals surface area contributed by atoms with Crippen LogP contribution in [0.3, 0.4) is 0 Å². The number of halogens is 1. The molecule has 0 unspecified atom stereocenters. The van der Waals surface area contributed by atoms with Crippen molar-refractivity contribution >= 4 is 23.4 Å². The van der Waals surface area contributed by atoms with Crippen LogP contribution in [0.4, 0.5) is 5.82 Å². The predicted octanol–water partition coefficient (Wildman–Crippen LogP) is 1.42. The molecule has 1 fully saturated rings. The smallest absolute Gasteiger partial charge is 0.311 e. The first-order valence-corrected chi connectivity index (χ1v) is 6.04. The molecule has 1 aromatic heterocycles. The third-order valence-corrected chi connectivity index (χ3v) is 3.35. The van der Waals surface area contributed by atoms with Crippen molar-refractivity contribution in [2.75, 3.05) is 25.1 Å². The molecule has 6 nitrogen and oxygen atoms in total. The first kappa shape index (κ1) is 13.0. The minimum Gasteiger partial charge on any atom is -0.481 e. The lowest BCUT2D eigenvalue weighted by Gasteiger charge is -2.33. The molecular weight excluding hydrogens is 258 g/mol. The minimum absolute atomic E-state index is 0.305. The van der Waals surface area contributed by atoms with Crippen LogP contribution >= 0.6 is 11.6 Å². The molecule has 0 aliphatic carbocycles. The molecule has 2 heterocycles. The van der Waals surface area contributed by atoms with Crippen LogP contribution in [0.15, 0.2) is 12.1 Å². The van der Waals surface area contributed by atoms with Crippen molar-refractivity contribution in [3.05, 3.63) is 17.3 Å². The Kier molecular flexibility index (Phi) is 3.98. The number of hydrogen-bond donors (Lipinski definition) is 2. The molecule has 1 aliphatic rings. The number of carboxylic acids is 1. The van der Waals surface area contributed by atoms with Gasteiger partial charge >= 0.3 is 5.97 Å². The summed E-state index contributed by atoms with van der Waals surface area (Å²) >= 11 is 5.63. The van der Waals surface area contributed by atoms with Crippen LogP contribution in [0.2, 0.25) is 5.15 Å². The summed E-state index contributed by atoms with van der Waals surface area (Å²) in [6.07, 6.45) is 0.993. The third-order valence-electron chi connectivity index (χ3n) is 3.14. The second kappa shape index (κ2) is 5.49. The summed E-state index contributed by atoms with van der Waals surface area (Å²) in [6.45, 7) is 1.25. The number of nitrogens with one attached hydrogen (secondary N) is 1. The molecule has 2 N–H and O–H groups in total. The standard InChI is InChI=1S/C11H14ClN3O3/c12-8-1-2-9(15-14-8)13-7-11(10(16)17)3-5-18-6-4-11/h1-2H,3-7H2,(H,13,15)(H,16,17). The molecule has 1 aromatic rings. The van der Waals surface area contributed by atoms with Gasteiger partial charge in [0.1, 0.15) is 5.82 Å². The molecule has 0 aromatic carbocycles. The zero-order valence-electron chi connectivity index (χ0n) is 9.73. The van der Waals surface area contributed by atoms with Crippen molar-refractivity contribution in [1.82, 2.24) is 10.2 Å². The molecule has 2 rings (SSSR count). The first-order valence-electron chi connectivity index (χ1n) is 5.67. The highest BCUT2D eigenvalue weighted by Crippen LogP contribution is 2.31. The second-order valence-corrected chi connectivity index (χ2v) is 4.68. The number of anilines is 1. The summed E-state index contributed by atoms with van der Waals surface area (Å²) in [5.41, 5.74) is -0.792. The van der Waals surface area contributed by atoms with E-state index in [-0.39, 0.29) is 0 Å². The van der Waals surface area contributed by atoms with Crippen molar-refractivity contribution in [1.29, 1.82) is 0 Å². The van der Waals surface area contributed by atoms with Crippen LogP contribution in [0.25, 0.3) is 0 Å². The Morgan fingerprint density at radius 3 is 2.72 bits per heavy atom. The van der Waals surface area contributed by atoms with Gasteiger partial charge < -0.3 is 15.2 Å². The number of carboxylic acid groups (broad SMARTS) is 1. The number of nitrogens with zero attached hydrogens (tertiary/aromatic N) is 2. The summed E-state index contributed by atoms with van der Waals surface area (Å²) < 4.78 is 5.21. The Labute approximate surface area is 109 Å². The van der Waals surface area contributed by atoms with E-state index in [2.05, 4.69) is 15.5 Å². The van der Waals surface area contributed by atoms with E-state index in [0.29, 0.717) is 43.6 Å². The molecule has 1 aliphatic heterocycles. The van der Waals surface area contributed by atoms with E-state index in [0.717, 1.165) is 0 Å². The van der Waals surface area contributed by atoms with Crippen LogP contribution < -0.4 is 5.32 Å². The van der Waals surface area contributed by atoms with Gasteiger partial charge in [0.15, 0.2) is 5.15 Å². The van der Waals surface area contributed by atoms with E-state index in [9.17, 15) is 9.90 Å². The number of aliphatic carboxylic acids is 1. The quantitative estimate of drug-likeness (QED) is 0.862. The summed E-state index contributed by atoms with van der Waals surface area (Å²) in [4.78, 5) is 11.4. The highest BCUT2D eigenvalue weighted by molar-refractivity contribution is 6.29. The number of hydrogen-bond acceptors (Lipinski definition) is 5. The van der Waals surface area contributed by atoms with E-state index >= 15 is 0 Å². The summed E-state index contributed by atoms with van der Waals surface area (Å²) in [5, 5.41) is 20.2. The maximum Gasteiger partial charge on any atom is 0.311 e. The lowest BCUT2D eigenvalue weighted by atomic mass is 9.80. The normalized spacial score (nSPS) is 18.3. The van der Waals surface area contributed by atoms with E-state index in [1.807, 2.05) is 0 Å². The van der Waals surface area contributed by atoms with Crippen molar-refractivity contribution in [2.24, 2.45) is 5.41 Å². The Hall–Kier alpha value is -1.40. The van der Waals surface area contributed by atoms with Gasteiger partial charge in [0.25, 0.3) is 0 Å². The fraction of sp³-hybridized carbons (Fsp3) is 0.545. The molecule has 0 atom stereocenters. The Morgan fingerprint density at radius 2 is 2.17 bits per heavy atom. The highest BCUT2D eigenvalue weighted by Gasteiger charge is 2.40. The molecular formula is C11H14ClN3O3. The maximum atomic E-state index is 11.4. The fourth-order valence-electron chi connectivity index (χ4n) is 1.90. The van der Waals surface area contributed by atoms with Crippen molar-refractivity contribution < 1.29 is 14.6 Å². The van der Waals surface area contributed by atoms with Gasteiger partial charge in [-0.15, -0.1) is 10.2 Å². The first-order chi connectivity index (χ1) is 8.62. The maximum absolute atomic E-state index is 11.4. The van der Waals surface area contributed by atoms with Crippen LogP contribution in [0.1, 0.15) is 12.8 Å². The molecule has 7 heteroatoms. The number of rotatable bonds is 4. The Balaban J connectivity index is 2.01. The van der Waals surface area contributed by atoms with Crippen molar-refractivity contribution in [3.8, 4) is 0 Å². The van der Waals surface area contributed by atoms with Gasteiger partial charge in [-0.3, -0.25) is 4.79 Å². The van der Waals surface area contributed by atoms with Crippen LogP contribution in [-0.4, -0.2) is 41.0 Å². The monoisotopic (exact) mass is 271 g/mol. The molecule has 0 bridgehead atoms. The van der Waals surface area contributed by atoms with Gasteiger partial charge in [-0.2, -0.15) is 0 Å². The average molecular weight is 272 g/mol. The molecule has 0 amide bonds. The highest BCUT2D eigenvalue weighted by atomic mass is 35.5. The zero-order valence-corrected chi connectivity index (χ0v) is 10.5. The zero-order chi connectivity index (χ0) is 13.0. The number of ether oxygens (including phenoxy) is 1. The van der Waals surface area contributed by atoms with Gasteiger partial charge in [0.2, 0.25) is 0 Å². The van der Waals surface area contributed by atoms with E-state index < -0.39 is 11.4 Å². The van der Waals surface area contributed by atoms with Crippen LogP contribution in [0, 0.1) is 5.41 Å². The molecule has 1 saturated heterocycles. The number of aromatic nitrogens is 2. The molecule has 98 valence electrons. The Morgan fingerprint density at radius 1 is 1.44 bits per heavy atom. The average Bonchev–Trinajstić information content (AvgIpc) is 2.39. The van der Waals surface area contributed by atoms with Gasteiger partial charge in [-0.05, 0) is 25.0 Å². The fourth-order valence-corrected chi connectivity index (χ4v) is 2.00. The topological polar surface area (TPSA) is 84.3 Å². The van der Waals surface area contributed by atoms with Crippen molar-refractivity contribution in [2.45, 2.75) is 12.8 Å². The SMILES string of the molecule is O=C(O)C1(CNc2ccc(Cl)nn2)CCOCC1.